The minimum atomic E-state index is 0.930. The fourth-order valence-corrected chi connectivity index (χ4v) is 2.65. The molecule has 3 rings (SSSR count). The van der Waals surface area contributed by atoms with Crippen LogP contribution < -0.4 is 5.32 Å². The number of rotatable bonds is 4. The Morgan fingerprint density at radius 2 is 2.32 bits per heavy atom. The van der Waals surface area contributed by atoms with Crippen LogP contribution in [-0.2, 0) is 0 Å². The van der Waals surface area contributed by atoms with Crippen molar-refractivity contribution in [2.24, 2.45) is 0 Å². The van der Waals surface area contributed by atoms with Gasteiger partial charge in [-0.2, -0.15) is 5.10 Å². The average molecular weight is 256 g/mol. The van der Waals surface area contributed by atoms with E-state index in [2.05, 4.69) is 27.5 Å². The number of hydrogen-bond acceptors (Lipinski definition) is 3. The van der Waals surface area contributed by atoms with Crippen LogP contribution in [0, 0.1) is 6.92 Å². The van der Waals surface area contributed by atoms with Gasteiger partial charge in [-0.15, -0.1) is 0 Å². The molecule has 0 spiro atoms. The number of allylic oxidation sites excluding steroid dienone is 1. The van der Waals surface area contributed by atoms with Gasteiger partial charge in [0.25, 0.3) is 0 Å². The molecule has 0 amide bonds. The highest BCUT2D eigenvalue weighted by atomic mass is 15.2. The van der Waals surface area contributed by atoms with Crippen LogP contribution in [0.4, 0.5) is 5.82 Å². The topological polar surface area (TPSA) is 42.2 Å². The van der Waals surface area contributed by atoms with E-state index in [9.17, 15) is 0 Å². The van der Waals surface area contributed by atoms with E-state index >= 15 is 0 Å². The third-order valence-electron chi connectivity index (χ3n) is 3.64. The van der Waals surface area contributed by atoms with Crippen molar-refractivity contribution in [3.05, 3.63) is 35.8 Å². The summed E-state index contributed by atoms with van der Waals surface area (Å²) in [4.78, 5) is 4.41. The van der Waals surface area contributed by atoms with Crippen LogP contribution >= 0.6 is 0 Å². The molecular formula is C15H20N4. The zero-order valence-corrected chi connectivity index (χ0v) is 11.4. The van der Waals surface area contributed by atoms with E-state index in [1.165, 1.54) is 25.7 Å². The smallest absolute Gasteiger partial charge is 0.152 e. The van der Waals surface area contributed by atoms with Gasteiger partial charge in [0, 0.05) is 18.9 Å². The lowest BCUT2D eigenvalue weighted by atomic mass is 9.97. The van der Waals surface area contributed by atoms with Crippen molar-refractivity contribution in [1.82, 2.24) is 14.6 Å². The van der Waals surface area contributed by atoms with Gasteiger partial charge in [-0.05, 0) is 45.1 Å². The number of fused-ring (bicyclic) bond motifs is 1. The Bertz CT molecular complexity index is 597. The zero-order valence-electron chi connectivity index (χ0n) is 11.4. The molecule has 1 aliphatic rings. The molecule has 0 unspecified atom stereocenters. The van der Waals surface area contributed by atoms with Gasteiger partial charge in [0.2, 0.25) is 0 Å². The molecule has 2 heterocycles. The number of nitrogens with zero attached hydrogens (tertiary/aromatic N) is 3. The molecule has 0 saturated heterocycles. The summed E-state index contributed by atoms with van der Waals surface area (Å²) in [6.07, 6.45) is 12.4. The van der Waals surface area contributed by atoms with Gasteiger partial charge in [0.05, 0.1) is 5.69 Å². The number of hydrogen-bond donors (Lipinski definition) is 1. The van der Waals surface area contributed by atoms with Crippen molar-refractivity contribution >= 4 is 11.3 Å². The van der Waals surface area contributed by atoms with E-state index in [4.69, 9.17) is 0 Å². The van der Waals surface area contributed by atoms with Gasteiger partial charge in [-0.3, -0.25) is 0 Å². The van der Waals surface area contributed by atoms with Crippen LogP contribution in [0.15, 0.2) is 30.1 Å². The number of aromatic nitrogens is 3. The molecule has 0 atom stereocenters. The summed E-state index contributed by atoms with van der Waals surface area (Å²) in [5.41, 5.74) is 3.67. The average Bonchev–Trinajstić information content (AvgIpc) is 2.81. The molecule has 1 N–H and O–H groups in total. The number of aryl methyl sites for hydroxylation is 1. The highest BCUT2D eigenvalue weighted by Gasteiger charge is 2.06. The van der Waals surface area contributed by atoms with E-state index in [0.29, 0.717) is 0 Å². The van der Waals surface area contributed by atoms with Crippen LogP contribution in [0.5, 0.6) is 0 Å². The molecule has 0 aliphatic heterocycles. The Balaban J connectivity index is 1.66. The second kappa shape index (κ2) is 5.43. The van der Waals surface area contributed by atoms with Crippen LogP contribution in [0.3, 0.4) is 0 Å². The van der Waals surface area contributed by atoms with Crippen molar-refractivity contribution in [3.8, 4) is 0 Å². The van der Waals surface area contributed by atoms with Crippen LogP contribution in [0.2, 0.25) is 0 Å². The van der Waals surface area contributed by atoms with Gasteiger partial charge in [-0.25, -0.2) is 9.50 Å². The van der Waals surface area contributed by atoms with E-state index in [1.54, 1.807) is 11.8 Å². The normalized spacial score (nSPS) is 15.5. The molecule has 0 fully saturated rings. The van der Waals surface area contributed by atoms with Crippen molar-refractivity contribution in [1.29, 1.82) is 0 Å². The minimum Gasteiger partial charge on any atom is -0.368 e. The summed E-state index contributed by atoms with van der Waals surface area (Å²) in [6, 6.07) is 2.06. The summed E-state index contributed by atoms with van der Waals surface area (Å²) in [7, 11) is 0. The third kappa shape index (κ3) is 2.78. The Hall–Kier alpha value is -1.84. The van der Waals surface area contributed by atoms with Crippen molar-refractivity contribution < 1.29 is 0 Å². The minimum absolute atomic E-state index is 0.930. The first-order valence-electron chi connectivity index (χ1n) is 7.06. The molecule has 0 aromatic carbocycles. The fourth-order valence-electron chi connectivity index (χ4n) is 2.65. The highest BCUT2D eigenvalue weighted by Crippen LogP contribution is 2.20. The first kappa shape index (κ1) is 12.2. The van der Waals surface area contributed by atoms with Crippen molar-refractivity contribution in [3.63, 3.8) is 0 Å². The molecule has 1 aliphatic carbocycles. The molecule has 0 radical (unpaired) electrons. The molecule has 19 heavy (non-hydrogen) atoms. The van der Waals surface area contributed by atoms with Crippen LogP contribution in [0.25, 0.3) is 5.52 Å². The maximum atomic E-state index is 4.41. The van der Waals surface area contributed by atoms with E-state index in [1.807, 2.05) is 17.6 Å². The zero-order chi connectivity index (χ0) is 13.1. The lowest BCUT2D eigenvalue weighted by molar-refractivity contribution is 0.679. The summed E-state index contributed by atoms with van der Waals surface area (Å²) in [5.74, 6) is 0.930. The lowest BCUT2D eigenvalue weighted by Gasteiger charge is -2.13. The van der Waals surface area contributed by atoms with Gasteiger partial charge in [-0.1, -0.05) is 11.6 Å². The van der Waals surface area contributed by atoms with Crippen LogP contribution in [0.1, 0.15) is 37.8 Å². The maximum absolute atomic E-state index is 4.41. The summed E-state index contributed by atoms with van der Waals surface area (Å²) >= 11 is 0. The molecule has 0 saturated carbocycles. The Kier molecular flexibility index (Phi) is 3.49. The van der Waals surface area contributed by atoms with E-state index < -0.39 is 0 Å². The SMILES string of the molecule is Cc1cc2c(NCCC3=CCCCC3)nccn2n1. The Morgan fingerprint density at radius 3 is 3.16 bits per heavy atom. The Morgan fingerprint density at radius 1 is 1.37 bits per heavy atom. The lowest BCUT2D eigenvalue weighted by Crippen LogP contribution is -2.07. The number of nitrogens with one attached hydrogen (secondary N) is 1. The first-order chi connectivity index (χ1) is 9.33. The standard InChI is InChI=1S/C15H20N4/c1-12-11-14-15(17-9-10-19(14)18-12)16-8-7-13-5-3-2-4-6-13/h5,9-11H,2-4,6-8H2,1H3,(H,16,17). The highest BCUT2D eigenvalue weighted by molar-refractivity contribution is 5.67. The van der Waals surface area contributed by atoms with Gasteiger partial charge < -0.3 is 5.32 Å². The largest absolute Gasteiger partial charge is 0.368 e. The number of anilines is 1. The van der Waals surface area contributed by atoms with Gasteiger partial charge in [0.1, 0.15) is 5.52 Å². The van der Waals surface area contributed by atoms with Crippen molar-refractivity contribution in [2.75, 3.05) is 11.9 Å². The quantitative estimate of drug-likeness (QED) is 0.853. The van der Waals surface area contributed by atoms with E-state index in [-0.39, 0.29) is 0 Å². The summed E-state index contributed by atoms with van der Waals surface area (Å²) in [5, 5.41) is 7.83. The molecule has 2 aromatic rings. The van der Waals surface area contributed by atoms with Gasteiger partial charge in [0.15, 0.2) is 5.82 Å². The molecule has 4 heteroatoms. The summed E-state index contributed by atoms with van der Waals surface area (Å²) in [6.45, 7) is 2.95. The molecule has 2 aromatic heterocycles. The molecular weight excluding hydrogens is 236 g/mol. The third-order valence-corrected chi connectivity index (χ3v) is 3.64. The molecule has 0 bridgehead atoms. The van der Waals surface area contributed by atoms with E-state index in [0.717, 1.165) is 30.0 Å². The predicted octanol–water partition coefficient (Wildman–Crippen LogP) is 3.34. The fraction of sp³-hybridized carbons (Fsp3) is 0.467. The first-order valence-corrected chi connectivity index (χ1v) is 7.06. The van der Waals surface area contributed by atoms with Gasteiger partial charge >= 0.3 is 0 Å². The Labute approximate surface area is 113 Å². The van der Waals surface area contributed by atoms with Crippen LogP contribution in [-0.4, -0.2) is 21.1 Å². The summed E-state index contributed by atoms with van der Waals surface area (Å²) < 4.78 is 1.88. The molecule has 100 valence electrons. The monoisotopic (exact) mass is 256 g/mol. The second-order valence-electron chi connectivity index (χ2n) is 5.18. The second-order valence-corrected chi connectivity index (χ2v) is 5.18. The van der Waals surface area contributed by atoms with Crippen molar-refractivity contribution in [2.45, 2.75) is 39.0 Å². The predicted molar refractivity (Wildman–Crippen MR) is 77.4 cm³/mol. The maximum Gasteiger partial charge on any atom is 0.152 e. The molecule has 4 nitrogen and oxygen atoms in total.